The van der Waals surface area contributed by atoms with Crippen molar-refractivity contribution in [2.24, 2.45) is 0 Å². The van der Waals surface area contributed by atoms with E-state index >= 15 is 0 Å². The Kier molecular flexibility index (Phi) is 5.50. The van der Waals surface area contributed by atoms with Crippen molar-refractivity contribution in [1.29, 1.82) is 0 Å². The van der Waals surface area contributed by atoms with Gasteiger partial charge in [-0.2, -0.15) is 0 Å². The molecule has 2 rings (SSSR count). The molecule has 0 aromatic carbocycles. The fourth-order valence-electron chi connectivity index (χ4n) is 2.84. The number of aryl methyl sites for hydroxylation is 1. The lowest BCUT2D eigenvalue weighted by Crippen LogP contribution is -2.44. The van der Waals surface area contributed by atoms with Crippen molar-refractivity contribution >= 4 is 17.4 Å². The first kappa shape index (κ1) is 17.3. The van der Waals surface area contributed by atoms with E-state index in [2.05, 4.69) is 30.6 Å². The minimum Gasteiger partial charge on any atom is -0.444 e. The van der Waals surface area contributed by atoms with Crippen molar-refractivity contribution in [2.75, 3.05) is 13.1 Å². The highest BCUT2D eigenvalue weighted by Gasteiger charge is 2.32. The first-order valence-electron chi connectivity index (χ1n) is 8.05. The molecule has 1 saturated heterocycles. The van der Waals surface area contributed by atoms with Crippen molar-refractivity contribution in [3.05, 3.63) is 21.9 Å². The topological polar surface area (TPSA) is 41.6 Å². The van der Waals surface area contributed by atoms with E-state index in [0.29, 0.717) is 6.04 Å². The van der Waals surface area contributed by atoms with Crippen LogP contribution in [-0.2, 0) is 4.74 Å². The van der Waals surface area contributed by atoms with Crippen LogP contribution in [0.3, 0.4) is 0 Å². The molecule has 2 heterocycles. The van der Waals surface area contributed by atoms with Gasteiger partial charge in [0, 0.05) is 30.1 Å². The lowest BCUT2D eigenvalue weighted by molar-refractivity contribution is 0.0225. The molecule has 0 aliphatic carbocycles. The number of hydrogen-bond donors (Lipinski definition) is 1. The molecule has 1 aliphatic rings. The maximum Gasteiger partial charge on any atom is 0.410 e. The number of ether oxygens (including phenoxy) is 1. The van der Waals surface area contributed by atoms with Crippen molar-refractivity contribution in [2.45, 2.75) is 65.1 Å². The van der Waals surface area contributed by atoms with Crippen LogP contribution < -0.4 is 5.32 Å². The van der Waals surface area contributed by atoms with Crippen LogP contribution >= 0.6 is 11.3 Å². The molecule has 1 aromatic heterocycles. The predicted octanol–water partition coefficient (Wildman–Crippen LogP) is 4.11. The number of thiophene rings is 1. The van der Waals surface area contributed by atoms with Gasteiger partial charge in [0.05, 0.1) is 0 Å². The predicted molar refractivity (Wildman–Crippen MR) is 91.4 cm³/mol. The highest BCUT2D eigenvalue weighted by Crippen LogP contribution is 2.25. The average Bonchev–Trinajstić information content (AvgIpc) is 3.02. The van der Waals surface area contributed by atoms with Gasteiger partial charge in [-0.1, -0.05) is 0 Å². The van der Waals surface area contributed by atoms with E-state index in [-0.39, 0.29) is 12.1 Å². The third-order valence-electron chi connectivity index (χ3n) is 3.96. The summed E-state index contributed by atoms with van der Waals surface area (Å²) < 4.78 is 5.51. The van der Waals surface area contributed by atoms with Crippen molar-refractivity contribution in [3.63, 3.8) is 0 Å². The van der Waals surface area contributed by atoms with E-state index in [0.717, 1.165) is 25.9 Å². The number of hydrogen-bond acceptors (Lipinski definition) is 4. The number of nitrogens with zero attached hydrogens (tertiary/aromatic N) is 1. The van der Waals surface area contributed by atoms with Crippen LogP contribution in [0.25, 0.3) is 0 Å². The fourth-order valence-corrected chi connectivity index (χ4v) is 3.80. The van der Waals surface area contributed by atoms with E-state index in [1.807, 2.05) is 25.7 Å². The summed E-state index contributed by atoms with van der Waals surface area (Å²) in [5.41, 5.74) is 0.902. The molecule has 2 atom stereocenters. The molecule has 0 spiro atoms. The molecule has 0 saturated carbocycles. The third kappa shape index (κ3) is 4.46. The van der Waals surface area contributed by atoms with E-state index in [1.54, 1.807) is 11.3 Å². The molecule has 1 aromatic rings. The Morgan fingerprint density at radius 1 is 1.55 bits per heavy atom. The Bertz CT molecular complexity index is 507. The van der Waals surface area contributed by atoms with Crippen molar-refractivity contribution in [3.8, 4) is 0 Å². The van der Waals surface area contributed by atoms with Crippen LogP contribution in [0.2, 0.25) is 0 Å². The van der Waals surface area contributed by atoms with Gasteiger partial charge in [-0.25, -0.2) is 4.79 Å². The normalized spacial score (nSPS) is 20.2. The van der Waals surface area contributed by atoms with Gasteiger partial charge in [0.2, 0.25) is 0 Å². The third-order valence-corrected chi connectivity index (χ3v) is 5.16. The summed E-state index contributed by atoms with van der Waals surface area (Å²) in [4.78, 5) is 15.5. The van der Waals surface area contributed by atoms with Gasteiger partial charge in [-0.15, -0.1) is 11.3 Å². The Hall–Kier alpha value is -1.07. The quantitative estimate of drug-likeness (QED) is 0.906. The molecule has 4 nitrogen and oxygen atoms in total. The Labute approximate surface area is 137 Å². The summed E-state index contributed by atoms with van der Waals surface area (Å²) in [7, 11) is 0. The molecule has 5 heteroatoms. The summed E-state index contributed by atoms with van der Waals surface area (Å²) in [5.74, 6) is 0. The molecule has 124 valence electrons. The van der Waals surface area contributed by atoms with Crippen LogP contribution in [0, 0.1) is 6.92 Å². The number of carbonyl (C=O) groups excluding carboxylic acids is 1. The minimum atomic E-state index is -0.432. The highest BCUT2D eigenvalue weighted by atomic mass is 32.1. The van der Waals surface area contributed by atoms with Gasteiger partial charge < -0.3 is 15.0 Å². The summed E-state index contributed by atoms with van der Waals surface area (Å²) >= 11 is 1.79. The maximum absolute atomic E-state index is 12.3. The van der Waals surface area contributed by atoms with E-state index in [9.17, 15) is 4.79 Å². The smallest absolute Gasteiger partial charge is 0.410 e. The van der Waals surface area contributed by atoms with Gasteiger partial charge in [0.1, 0.15) is 5.60 Å². The number of rotatable bonds is 4. The Morgan fingerprint density at radius 3 is 2.86 bits per heavy atom. The lowest BCUT2D eigenvalue weighted by Gasteiger charge is -2.29. The maximum atomic E-state index is 12.3. The SMILES string of the molecule is Cc1ccsc1C(C)NCC1CCCN1C(=O)OC(C)(C)C. The van der Waals surface area contributed by atoms with Gasteiger partial charge in [-0.05, 0) is 64.5 Å². The first-order valence-corrected chi connectivity index (χ1v) is 8.93. The van der Waals surface area contributed by atoms with Crippen LogP contribution in [0.5, 0.6) is 0 Å². The van der Waals surface area contributed by atoms with Gasteiger partial charge in [-0.3, -0.25) is 0 Å². The van der Waals surface area contributed by atoms with E-state index in [1.165, 1.54) is 10.4 Å². The molecule has 2 unspecified atom stereocenters. The van der Waals surface area contributed by atoms with Gasteiger partial charge in [0.15, 0.2) is 0 Å². The first-order chi connectivity index (χ1) is 10.3. The van der Waals surface area contributed by atoms with Crippen LogP contribution in [-0.4, -0.2) is 35.7 Å². The Balaban J connectivity index is 1.89. The molecule has 1 aliphatic heterocycles. The Morgan fingerprint density at radius 2 is 2.27 bits per heavy atom. The number of nitrogens with one attached hydrogen (secondary N) is 1. The lowest BCUT2D eigenvalue weighted by atomic mass is 10.1. The zero-order valence-corrected chi connectivity index (χ0v) is 15.1. The monoisotopic (exact) mass is 324 g/mol. The summed E-state index contributed by atoms with van der Waals surface area (Å²) in [6.07, 6.45) is 1.91. The summed E-state index contributed by atoms with van der Waals surface area (Å²) in [5, 5.41) is 5.71. The van der Waals surface area contributed by atoms with Gasteiger partial charge in [0.25, 0.3) is 0 Å². The molecule has 1 N–H and O–H groups in total. The molecule has 0 bridgehead atoms. The largest absolute Gasteiger partial charge is 0.444 e. The average molecular weight is 324 g/mol. The molecular formula is C17H28N2O2S. The van der Waals surface area contributed by atoms with Crippen molar-refractivity contribution in [1.82, 2.24) is 10.2 Å². The highest BCUT2D eigenvalue weighted by molar-refractivity contribution is 7.10. The molecule has 1 amide bonds. The zero-order chi connectivity index (χ0) is 16.3. The minimum absolute atomic E-state index is 0.184. The molecule has 0 radical (unpaired) electrons. The number of likely N-dealkylation sites (tertiary alicyclic amines) is 1. The molecule has 22 heavy (non-hydrogen) atoms. The van der Waals surface area contributed by atoms with Crippen LogP contribution in [0.4, 0.5) is 4.79 Å². The number of carbonyl (C=O) groups is 1. The second kappa shape index (κ2) is 7.01. The van der Waals surface area contributed by atoms with E-state index < -0.39 is 5.60 Å². The second-order valence-corrected chi connectivity index (χ2v) is 8.02. The summed E-state index contributed by atoms with van der Waals surface area (Å²) in [6.45, 7) is 11.7. The molecule has 1 fully saturated rings. The summed E-state index contributed by atoms with van der Waals surface area (Å²) in [6, 6.07) is 2.71. The van der Waals surface area contributed by atoms with Crippen LogP contribution in [0.1, 0.15) is 57.0 Å². The second-order valence-electron chi connectivity index (χ2n) is 7.07. The van der Waals surface area contributed by atoms with Crippen LogP contribution in [0.15, 0.2) is 11.4 Å². The standard InChI is InChI=1S/C17H28N2O2S/c1-12-8-10-22-15(12)13(2)18-11-14-7-6-9-19(14)16(20)21-17(3,4)5/h8,10,13-14,18H,6-7,9,11H2,1-5H3. The zero-order valence-electron chi connectivity index (χ0n) is 14.3. The number of amides is 1. The van der Waals surface area contributed by atoms with Gasteiger partial charge >= 0.3 is 6.09 Å². The fraction of sp³-hybridized carbons (Fsp3) is 0.706. The van der Waals surface area contributed by atoms with Crippen molar-refractivity contribution < 1.29 is 9.53 Å². The molecular weight excluding hydrogens is 296 g/mol. The van der Waals surface area contributed by atoms with E-state index in [4.69, 9.17) is 4.74 Å².